The van der Waals surface area contributed by atoms with Crippen molar-refractivity contribution >= 4 is 11.8 Å². The second kappa shape index (κ2) is 7.79. The fourth-order valence-electron chi connectivity index (χ4n) is 2.40. The number of rotatable bonds is 5. The predicted molar refractivity (Wildman–Crippen MR) is 81.7 cm³/mol. The lowest BCUT2D eigenvalue weighted by molar-refractivity contribution is -0.133. The van der Waals surface area contributed by atoms with Crippen LogP contribution in [0.15, 0.2) is 24.3 Å². The Kier molecular flexibility index (Phi) is 5.77. The maximum atomic E-state index is 12.2. The first-order valence-corrected chi connectivity index (χ1v) is 7.48. The number of carbonyl (C=O) groups is 2. The van der Waals surface area contributed by atoms with Crippen molar-refractivity contribution in [3.63, 3.8) is 0 Å². The fourth-order valence-corrected chi connectivity index (χ4v) is 2.40. The largest absolute Gasteiger partial charge is 0.493 e. The van der Waals surface area contributed by atoms with Crippen molar-refractivity contribution in [3.05, 3.63) is 29.8 Å². The summed E-state index contributed by atoms with van der Waals surface area (Å²) in [5.74, 6) is 0.0975. The van der Waals surface area contributed by atoms with Gasteiger partial charge in [0, 0.05) is 24.8 Å². The molecule has 1 heterocycles. The van der Waals surface area contributed by atoms with Crippen LogP contribution in [0.1, 0.15) is 30.1 Å². The molecule has 0 saturated carbocycles. The summed E-state index contributed by atoms with van der Waals surface area (Å²) in [5.41, 5.74) is 5.61. The van der Waals surface area contributed by atoms with E-state index in [0.717, 1.165) is 6.42 Å². The average Bonchev–Trinajstić information content (AvgIpc) is 2.72. The van der Waals surface area contributed by atoms with Crippen molar-refractivity contribution in [2.24, 2.45) is 5.73 Å². The molecule has 2 N–H and O–H groups in total. The Bertz CT molecular complexity index is 533. The van der Waals surface area contributed by atoms with Crippen LogP contribution >= 0.6 is 0 Å². The molecule has 0 spiro atoms. The molecule has 1 unspecified atom stereocenters. The van der Waals surface area contributed by atoms with Gasteiger partial charge in [-0.15, -0.1) is 0 Å². The normalized spacial score (nSPS) is 18.6. The summed E-state index contributed by atoms with van der Waals surface area (Å²) < 4.78 is 10.9. The molecule has 0 radical (unpaired) electrons. The van der Waals surface area contributed by atoms with E-state index < -0.39 is 5.91 Å². The van der Waals surface area contributed by atoms with Crippen LogP contribution < -0.4 is 10.5 Å². The zero-order valence-electron chi connectivity index (χ0n) is 12.8. The fraction of sp³-hybridized carbons (Fsp3) is 0.500. The number of ether oxygens (including phenoxy) is 2. The first kappa shape index (κ1) is 16.3. The van der Waals surface area contributed by atoms with Crippen molar-refractivity contribution in [2.75, 3.05) is 26.4 Å². The van der Waals surface area contributed by atoms with Crippen molar-refractivity contribution in [3.8, 4) is 5.75 Å². The number of carbonyl (C=O) groups excluding carboxylic acids is 2. The standard InChI is InChI=1S/C16H22N2O4/c1-12-5-8-21-10-7-18(12)15(19)6-9-22-14-4-2-3-13(11-14)16(17)20/h2-4,11-12H,5-10H2,1H3,(H2,17,20). The van der Waals surface area contributed by atoms with Crippen LogP contribution in [0.5, 0.6) is 5.75 Å². The Morgan fingerprint density at radius 1 is 1.41 bits per heavy atom. The molecular weight excluding hydrogens is 284 g/mol. The molecule has 1 aliphatic rings. The minimum atomic E-state index is -0.500. The second-order valence-electron chi connectivity index (χ2n) is 5.33. The third kappa shape index (κ3) is 4.46. The quantitative estimate of drug-likeness (QED) is 0.886. The van der Waals surface area contributed by atoms with Gasteiger partial charge in [0.15, 0.2) is 0 Å². The summed E-state index contributed by atoms with van der Waals surface area (Å²) in [6.07, 6.45) is 1.15. The molecule has 6 nitrogen and oxygen atoms in total. The molecule has 1 aromatic rings. The van der Waals surface area contributed by atoms with E-state index in [9.17, 15) is 9.59 Å². The Labute approximate surface area is 130 Å². The lowest BCUT2D eigenvalue weighted by Crippen LogP contribution is -2.39. The molecule has 0 bridgehead atoms. The van der Waals surface area contributed by atoms with E-state index in [1.54, 1.807) is 24.3 Å². The minimum absolute atomic E-state index is 0.0593. The highest BCUT2D eigenvalue weighted by Crippen LogP contribution is 2.14. The maximum absolute atomic E-state index is 12.2. The van der Waals surface area contributed by atoms with Gasteiger partial charge in [-0.05, 0) is 31.5 Å². The third-order valence-electron chi connectivity index (χ3n) is 3.71. The summed E-state index contributed by atoms with van der Waals surface area (Å²) in [5, 5.41) is 0. The van der Waals surface area contributed by atoms with E-state index in [2.05, 4.69) is 0 Å². The molecule has 6 heteroatoms. The minimum Gasteiger partial charge on any atom is -0.493 e. The van der Waals surface area contributed by atoms with Crippen molar-refractivity contribution in [1.29, 1.82) is 0 Å². The Morgan fingerprint density at radius 2 is 2.23 bits per heavy atom. The number of hydrogen-bond donors (Lipinski definition) is 1. The van der Waals surface area contributed by atoms with E-state index in [1.165, 1.54) is 0 Å². The number of amides is 2. The number of nitrogens with zero attached hydrogens (tertiary/aromatic N) is 1. The zero-order chi connectivity index (χ0) is 15.9. The molecular formula is C16H22N2O4. The van der Waals surface area contributed by atoms with Gasteiger partial charge < -0.3 is 20.1 Å². The highest BCUT2D eigenvalue weighted by atomic mass is 16.5. The molecule has 22 heavy (non-hydrogen) atoms. The van der Waals surface area contributed by atoms with Crippen molar-refractivity contribution in [2.45, 2.75) is 25.8 Å². The Balaban J connectivity index is 1.83. The third-order valence-corrected chi connectivity index (χ3v) is 3.71. The Morgan fingerprint density at radius 3 is 3.00 bits per heavy atom. The molecule has 2 rings (SSSR count). The van der Waals surface area contributed by atoms with E-state index >= 15 is 0 Å². The van der Waals surface area contributed by atoms with Crippen LogP contribution in [-0.2, 0) is 9.53 Å². The van der Waals surface area contributed by atoms with Crippen molar-refractivity contribution < 1.29 is 19.1 Å². The van der Waals surface area contributed by atoms with Crippen LogP contribution in [0.3, 0.4) is 0 Å². The molecule has 1 atom stereocenters. The molecule has 120 valence electrons. The zero-order valence-corrected chi connectivity index (χ0v) is 12.8. The number of primary amides is 1. The molecule has 0 aromatic heterocycles. The van der Waals surface area contributed by atoms with Gasteiger partial charge in [0.05, 0.1) is 19.6 Å². The van der Waals surface area contributed by atoms with Gasteiger partial charge in [0.25, 0.3) is 0 Å². The first-order valence-electron chi connectivity index (χ1n) is 7.48. The topological polar surface area (TPSA) is 81.9 Å². The van der Waals surface area contributed by atoms with Gasteiger partial charge in [-0.2, -0.15) is 0 Å². The number of nitrogens with two attached hydrogens (primary N) is 1. The van der Waals surface area contributed by atoms with Gasteiger partial charge >= 0.3 is 0 Å². The number of benzene rings is 1. The van der Waals surface area contributed by atoms with E-state index in [4.69, 9.17) is 15.2 Å². The summed E-state index contributed by atoms with van der Waals surface area (Å²) in [4.78, 5) is 25.2. The van der Waals surface area contributed by atoms with Gasteiger partial charge in [-0.3, -0.25) is 9.59 Å². The molecule has 1 fully saturated rings. The second-order valence-corrected chi connectivity index (χ2v) is 5.33. The summed E-state index contributed by atoms with van der Waals surface area (Å²) in [6.45, 7) is 4.20. The molecule has 1 aromatic carbocycles. The predicted octanol–water partition coefficient (Wildman–Crippen LogP) is 1.19. The summed E-state index contributed by atoms with van der Waals surface area (Å²) in [6, 6.07) is 6.83. The molecule has 2 amide bonds. The van der Waals surface area contributed by atoms with E-state index in [0.29, 0.717) is 37.5 Å². The first-order chi connectivity index (χ1) is 10.6. The molecule has 1 saturated heterocycles. The summed E-state index contributed by atoms with van der Waals surface area (Å²) in [7, 11) is 0. The van der Waals surface area contributed by atoms with E-state index in [-0.39, 0.29) is 18.6 Å². The van der Waals surface area contributed by atoms with Crippen LogP contribution in [0.2, 0.25) is 0 Å². The molecule has 0 aliphatic carbocycles. The van der Waals surface area contributed by atoms with Gasteiger partial charge in [0.2, 0.25) is 11.8 Å². The van der Waals surface area contributed by atoms with Gasteiger partial charge in [0.1, 0.15) is 5.75 Å². The van der Waals surface area contributed by atoms with Gasteiger partial charge in [-0.1, -0.05) is 6.07 Å². The van der Waals surface area contributed by atoms with Crippen molar-refractivity contribution in [1.82, 2.24) is 4.90 Å². The smallest absolute Gasteiger partial charge is 0.248 e. The Hall–Kier alpha value is -2.08. The van der Waals surface area contributed by atoms with Crippen LogP contribution in [-0.4, -0.2) is 49.1 Å². The highest BCUT2D eigenvalue weighted by molar-refractivity contribution is 5.93. The average molecular weight is 306 g/mol. The van der Waals surface area contributed by atoms with Crippen LogP contribution in [0.4, 0.5) is 0 Å². The van der Waals surface area contributed by atoms with E-state index in [1.807, 2.05) is 11.8 Å². The molecule has 1 aliphatic heterocycles. The monoisotopic (exact) mass is 306 g/mol. The van der Waals surface area contributed by atoms with Crippen LogP contribution in [0, 0.1) is 0 Å². The SMILES string of the molecule is CC1CCOCCN1C(=O)CCOc1cccc(C(N)=O)c1. The lowest BCUT2D eigenvalue weighted by Gasteiger charge is -2.26. The maximum Gasteiger partial charge on any atom is 0.248 e. The lowest BCUT2D eigenvalue weighted by atomic mass is 10.2. The highest BCUT2D eigenvalue weighted by Gasteiger charge is 2.21. The van der Waals surface area contributed by atoms with Crippen LogP contribution in [0.25, 0.3) is 0 Å². The summed E-state index contributed by atoms with van der Waals surface area (Å²) >= 11 is 0. The number of hydrogen-bond acceptors (Lipinski definition) is 4. The van der Waals surface area contributed by atoms with Gasteiger partial charge in [-0.25, -0.2) is 0 Å².